The molecule has 38 heavy (non-hydrogen) atoms. The minimum Gasteiger partial charge on any atom is -0.382 e. The molecule has 1 aliphatic heterocycles. The van der Waals surface area contributed by atoms with Crippen LogP contribution >= 0.6 is 0 Å². The summed E-state index contributed by atoms with van der Waals surface area (Å²) in [6.45, 7) is 5.68. The Morgan fingerprint density at radius 3 is 2.34 bits per heavy atom. The van der Waals surface area contributed by atoms with Crippen LogP contribution in [0.5, 0.6) is 0 Å². The molecule has 1 saturated heterocycles. The van der Waals surface area contributed by atoms with Gasteiger partial charge < -0.3 is 24.8 Å². The van der Waals surface area contributed by atoms with Gasteiger partial charge in [-0.2, -0.15) is 0 Å². The summed E-state index contributed by atoms with van der Waals surface area (Å²) in [5.41, 5.74) is 4.65. The smallest absolute Gasteiger partial charge is 0.255 e. The summed E-state index contributed by atoms with van der Waals surface area (Å²) in [5, 5.41) is 5.97. The second-order valence-electron chi connectivity index (χ2n) is 9.13. The SMILES string of the molecule is COCCOCc1ccc(C(=O)Nc2ccc(-c3ccccc3)cc2)cc1NC(=O)[C@H](C)N1CCOCC1. The van der Waals surface area contributed by atoms with Gasteiger partial charge in [-0.05, 0) is 42.3 Å². The highest BCUT2D eigenvalue weighted by molar-refractivity contribution is 6.06. The topological polar surface area (TPSA) is 89.1 Å². The van der Waals surface area contributed by atoms with E-state index in [0.717, 1.165) is 16.7 Å². The van der Waals surface area contributed by atoms with Crippen molar-refractivity contribution in [3.8, 4) is 11.1 Å². The molecule has 0 aromatic heterocycles. The molecule has 4 rings (SSSR count). The number of carbonyl (C=O) groups is 2. The van der Waals surface area contributed by atoms with Gasteiger partial charge in [-0.1, -0.05) is 48.5 Å². The molecule has 1 atom stereocenters. The molecular formula is C30H35N3O5. The second-order valence-corrected chi connectivity index (χ2v) is 9.13. The summed E-state index contributed by atoms with van der Waals surface area (Å²) in [5.74, 6) is -0.403. The molecule has 200 valence electrons. The Morgan fingerprint density at radius 1 is 0.921 bits per heavy atom. The lowest BCUT2D eigenvalue weighted by atomic mass is 10.1. The number of rotatable bonds is 11. The fraction of sp³-hybridized carbons (Fsp3) is 0.333. The molecule has 3 aromatic carbocycles. The van der Waals surface area contributed by atoms with E-state index in [4.69, 9.17) is 14.2 Å². The van der Waals surface area contributed by atoms with E-state index >= 15 is 0 Å². The monoisotopic (exact) mass is 517 g/mol. The van der Waals surface area contributed by atoms with E-state index in [-0.39, 0.29) is 24.5 Å². The largest absolute Gasteiger partial charge is 0.382 e. The van der Waals surface area contributed by atoms with Gasteiger partial charge in [0.15, 0.2) is 0 Å². The lowest BCUT2D eigenvalue weighted by Crippen LogP contribution is -2.47. The van der Waals surface area contributed by atoms with Gasteiger partial charge in [0.25, 0.3) is 5.91 Å². The number of hydrogen-bond donors (Lipinski definition) is 2. The van der Waals surface area contributed by atoms with E-state index in [9.17, 15) is 9.59 Å². The van der Waals surface area contributed by atoms with Gasteiger partial charge >= 0.3 is 0 Å². The van der Waals surface area contributed by atoms with E-state index < -0.39 is 0 Å². The van der Waals surface area contributed by atoms with Gasteiger partial charge in [-0.15, -0.1) is 0 Å². The van der Waals surface area contributed by atoms with Crippen LogP contribution in [-0.2, 0) is 25.6 Å². The summed E-state index contributed by atoms with van der Waals surface area (Å²) in [7, 11) is 1.62. The number of nitrogens with zero attached hydrogens (tertiary/aromatic N) is 1. The highest BCUT2D eigenvalue weighted by Gasteiger charge is 2.24. The van der Waals surface area contributed by atoms with Crippen LogP contribution < -0.4 is 10.6 Å². The van der Waals surface area contributed by atoms with Gasteiger partial charge in [0.2, 0.25) is 5.91 Å². The van der Waals surface area contributed by atoms with Crippen LogP contribution in [0.3, 0.4) is 0 Å². The number of benzene rings is 3. The highest BCUT2D eigenvalue weighted by atomic mass is 16.5. The Bertz CT molecular complexity index is 1190. The number of carbonyl (C=O) groups excluding carboxylic acids is 2. The number of amides is 2. The lowest BCUT2D eigenvalue weighted by molar-refractivity contribution is -0.122. The van der Waals surface area contributed by atoms with Crippen molar-refractivity contribution in [1.29, 1.82) is 0 Å². The molecule has 2 amide bonds. The quantitative estimate of drug-likeness (QED) is 0.366. The molecule has 1 heterocycles. The third kappa shape index (κ3) is 7.49. The standard InChI is InChI=1S/C30H35N3O5/c1-22(33-14-16-37-17-15-33)29(34)32-28-20-25(8-9-26(28)21-38-19-18-36-2)30(35)31-27-12-10-24(11-13-27)23-6-4-3-5-7-23/h3-13,20,22H,14-19,21H2,1-2H3,(H,31,35)(H,32,34)/t22-/m0/s1. The van der Waals surface area contributed by atoms with Gasteiger partial charge in [0.05, 0.1) is 39.1 Å². The lowest BCUT2D eigenvalue weighted by Gasteiger charge is -2.31. The predicted molar refractivity (Wildman–Crippen MR) is 148 cm³/mol. The van der Waals surface area contributed by atoms with Gasteiger partial charge in [0, 0.05) is 42.7 Å². The Hall–Kier alpha value is -3.56. The first-order valence-electron chi connectivity index (χ1n) is 12.8. The van der Waals surface area contributed by atoms with Crippen molar-refractivity contribution < 1.29 is 23.8 Å². The zero-order valence-corrected chi connectivity index (χ0v) is 21.9. The number of morpholine rings is 1. The Kier molecular flexibility index (Phi) is 10.0. The van der Waals surface area contributed by atoms with Gasteiger partial charge in [-0.25, -0.2) is 0 Å². The normalized spacial score (nSPS) is 14.6. The maximum absolute atomic E-state index is 13.1. The fourth-order valence-electron chi connectivity index (χ4n) is 4.23. The first kappa shape index (κ1) is 27.5. The molecule has 0 unspecified atom stereocenters. The van der Waals surface area contributed by atoms with Crippen LogP contribution in [0, 0.1) is 0 Å². The third-order valence-electron chi connectivity index (χ3n) is 6.54. The van der Waals surface area contributed by atoms with Crippen molar-refractivity contribution in [2.24, 2.45) is 0 Å². The maximum atomic E-state index is 13.1. The van der Waals surface area contributed by atoms with Crippen molar-refractivity contribution >= 4 is 23.2 Å². The number of nitrogens with one attached hydrogen (secondary N) is 2. The van der Waals surface area contributed by atoms with E-state index in [1.54, 1.807) is 19.2 Å². The summed E-state index contributed by atoms with van der Waals surface area (Å²) in [4.78, 5) is 28.3. The average molecular weight is 518 g/mol. The van der Waals surface area contributed by atoms with Crippen LogP contribution in [0.25, 0.3) is 11.1 Å². The van der Waals surface area contributed by atoms with Crippen molar-refractivity contribution in [2.75, 3.05) is 57.3 Å². The van der Waals surface area contributed by atoms with E-state index in [1.165, 1.54) is 0 Å². The first-order chi connectivity index (χ1) is 18.5. The van der Waals surface area contributed by atoms with Crippen molar-refractivity contribution in [1.82, 2.24) is 4.90 Å². The molecule has 1 aliphatic rings. The minimum absolute atomic E-state index is 0.140. The zero-order chi connectivity index (χ0) is 26.7. The summed E-state index contributed by atoms with van der Waals surface area (Å²) >= 11 is 0. The van der Waals surface area contributed by atoms with Gasteiger partial charge in [0.1, 0.15) is 0 Å². The molecule has 0 spiro atoms. The second kappa shape index (κ2) is 13.8. The highest BCUT2D eigenvalue weighted by Crippen LogP contribution is 2.23. The maximum Gasteiger partial charge on any atom is 0.255 e. The molecule has 0 aliphatic carbocycles. The van der Waals surface area contributed by atoms with Gasteiger partial charge in [-0.3, -0.25) is 14.5 Å². The molecule has 2 N–H and O–H groups in total. The minimum atomic E-state index is -0.332. The summed E-state index contributed by atoms with van der Waals surface area (Å²) in [6, 6.07) is 22.7. The molecule has 0 bridgehead atoms. The van der Waals surface area contributed by atoms with Crippen LogP contribution in [0.4, 0.5) is 11.4 Å². The number of hydrogen-bond acceptors (Lipinski definition) is 6. The average Bonchev–Trinajstić information content (AvgIpc) is 2.96. The van der Waals surface area contributed by atoms with E-state index in [2.05, 4.69) is 15.5 Å². The van der Waals surface area contributed by atoms with E-state index in [0.29, 0.717) is 56.5 Å². The van der Waals surface area contributed by atoms with Crippen LogP contribution in [0.15, 0.2) is 72.8 Å². The van der Waals surface area contributed by atoms with Crippen molar-refractivity contribution in [2.45, 2.75) is 19.6 Å². The Balaban J connectivity index is 1.47. The fourth-order valence-corrected chi connectivity index (χ4v) is 4.23. The van der Waals surface area contributed by atoms with Crippen molar-refractivity contribution in [3.05, 3.63) is 83.9 Å². The first-order valence-corrected chi connectivity index (χ1v) is 12.8. The van der Waals surface area contributed by atoms with Crippen molar-refractivity contribution in [3.63, 3.8) is 0 Å². The number of ether oxygens (including phenoxy) is 3. The van der Waals surface area contributed by atoms with Crippen LogP contribution in [-0.4, -0.2) is 69.4 Å². The molecular weight excluding hydrogens is 482 g/mol. The number of anilines is 2. The Labute approximate surface area is 223 Å². The van der Waals surface area contributed by atoms with Crippen LogP contribution in [0.2, 0.25) is 0 Å². The Morgan fingerprint density at radius 2 is 1.63 bits per heavy atom. The predicted octanol–water partition coefficient (Wildman–Crippen LogP) is 4.43. The molecule has 0 saturated carbocycles. The molecule has 0 radical (unpaired) electrons. The summed E-state index contributed by atoms with van der Waals surface area (Å²) < 4.78 is 16.2. The third-order valence-corrected chi connectivity index (χ3v) is 6.54. The molecule has 8 heteroatoms. The number of methoxy groups -OCH3 is 1. The zero-order valence-electron chi connectivity index (χ0n) is 21.9. The molecule has 8 nitrogen and oxygen atoms in total. The van der Waals surface area contributed by atoms with Crippen LogP contribution in [0.1, 0.15) is 22.8 Å². The van der Waals surface area contributed by atoms with E-state index in [1.807, 2.05) is 67.6 Å². The molecule has 3 aromatic rings. The molecule has 1 fully saturated rings. The summed E-state index contributed by atoms with van der Waals surface area (Å²) in [6.07, 6.45) is 0.